The molecule has 4 nitrogen and oxygen atoms in total. The summed E-state index contributed by atoms with van der Waals surface area (Å²) in [7, 11) is 0. The highest BCUT2D eigenvalue weighted by Crippen LogP contribution is 2.31. The zero-order valence-electron chi connectivity index (χ0n) is 9.77. The molecule has 0 amide bonds. The molecule has 2 rings (SSSR count). The largest absolute Gasteiger partial charge is 0.493 e. The quantitative estimate of drug-likeness (QED) is 0.831. The van der Waals surface area contributed by atoms with Gasteiger partial charge in [-0.15, -0.1) is 0 Å². The molecule has 1 heterocycles. The first kappa shape index (κ1) is 11.9. The number of fused-ring (bicyclic) bond motifs is 1. The van der Waals surface area contributed by atoms with E-state index in [1.165, 1.54) is 6.92 Å². The van der Waals surface area contributed by atoms with E-state index in [-0.39, 0.29) is 0 Å². The highest BCUT2D eigenvalue weighted by Gasteiger charge is 2.35. The minimum Gasteiger partial charge on any atom is -0.493 e. The molecule has 0 bridgehead atoms. The summed E-state index contributed by atoms with van der Waals surface area (Å²) in [6, 6.07) is 5.34. The Hall–Kier alpha value is -1.55. The van der Waals surface area contributed by atoms with Crippen LogP contribution in [0.2, 0.25) is 0 Å². The second-order valence-corrected chi connectivity index (χ2v) is 4.57. The van der Waals surface area contributed by atoms with E-state index < -0.39 is 18.0 Å². The van der Waals surface area contributed by atoms with Gasteiger partial charge in [0.2, 0.25) is 0 Å². The van der Waals surface area contributed by atoms with Crippen molar-refractivity contribution in [3.63, 3.8) is 0 Å². The summed E-state index contributed by atoms with van der Waals surface area (Å²) < 4.78 is 5.48. The van der Waals surface area contributed by atoms with Crippen LogP contribution in [0.3, 0.4) is 0 Å². The van der Waals surface area contributed by atoms with E-state index in [1.807, 2.05) is 6.07 Å². The van der Waals surface area contributed by atoms with Crippen molar-refractivity contribution in [1.29, 1.82) is 0 Å². The van der Waals surface area contributed by atoms with Gasteiger partial charge in [0.15, 0.2) is 0 Å². The molecule has 1 unspecified atom stereocenters. The number of hydrogen-bond acceptors (Lipinski definition) is 3. The maximum Gasteiger partial charge on any atom is 0.316 e. The van der Waals surface area contributed by atoms with E-state index >= 15 is 0 Å². The average Bonchev–Trinajstić information content (AvgIpc) is 2.37. The lowest BCUT2D eigenvalue weighted by atomic mass is 9.82. The Morgan fingerprint density at radius 2 is 2.29 bits per heavy atom. The van der Waals surface area contributed by atoms with Crippen LogP contribution in [-0.4, -0.2) is 29.4 Å². The van der Waals surface area contributed by atoms with Crippen molar-refractivity contribution in [1.82, 2.24) is 0 Å². The summed E-state index contributed by atoms with van der Waals surface area (Å²) in [4.78, 5) is 11.2. The molecule has 1 aliphatic rings. The standard InChI is InChI=1S/C13H16O4/c1-13(8-14,12(15)16)10-4-5-11-9(7-10)3-2-6-17-11/h4-5,7,14H,2-3,6,8H2,1H3,(H,15,16). The summed E-state index contributed by atoms with van der Waals surface area (Å²) in [6.45, 7) is 1.82. The topological polar surface area (TPSA) is 66.8 Å². The predicted octanol–water partition coefficient (Wildman–Crippen LogP) is 1.35. The molecule has 2 N–H and O–H groups in total. The number of carboxylic acids is 1. The minimum absolute atomic E-state index is 0.415. The van der Waals surface area contributed by atoms with Crippen molar-refractivity contribution in [2.45, 2.75) is 25.2 Å². The molecular formula is C13H16O4. The van der Waals surface area contributed by atoms with Crippen LogP contribution in [0.5, 0.6) is 5.75 Å². The number of rotatable bonds is 3. The maximum atomic E-state index is 11.2. The van der Waals surface area contributed by atoms with Crippen LogP contribution in [-0.2, 0) is 16.6 Å². The molecule has 1 aromatic carbocycles. The Kier molecular flexibility index (Phi) is 3.07. The lowest BCUT2D eigenvalue weighted by Gasteiger charge is -2.25. The number of aryl methyl sites for hydroxylation is 1. The van der Waals surface area contributed by atoms with Crippen molar-refractivity contribution in [3.8, 4) is 5.75 Å². The Balaban J connectivity index is 2.42. The number of ether oxygens (including phenoxy) is 1. The van der Waals surface area contributed by atoms with Gasteiger partial charge < -0.3 is 14.9 Å². The van der Waals surface area contributed by atoms with Gasteiger partial charge in [0.1, 0.15) is 11.2 Å². The molecule has 0 aliphatic carbocycles. The molecule has 0 spiro atoms. The lowest BCUT2D eigenvalue weighted by molar-refractivity contribution is -0.144. The SMILES string of the molecule is CC(CO)(C(=O)O)c1ccc2c(c1)CCCO2. The van der Waals surface area contributed by atoms with Crippen LogP contribution in [0.4, 0.5) is 0 Å². The Labute approximate surface area is 99.8 Å². The van der Waals surface area contributed by atoms with Crippen LogP contribution in [0, 0.1) is 0 Å². The van der Waals surface area contributed by atoms with Gasteiger partial charge in [-0.05, 0) is 37.0 Å². The van der Waals surface area contributed by atoms with Gasteiger partial charge in [0.25, 0.3) is 0 Å². The predicted molar refractivity (Wildman–Crippen MR) is 62.3 cm³/mol. The van der Waals surface area contributed by atoms with Crippen LogP contribution in [0.1, 0.15) is 24.5 Å². The molecule has 1 aromatic rings. The molecule has 17 heavy (non-hydrogen) atoms. The van der Waals surface area contributed by atoms with Crippen LogP contribution in [0.15, 0.2) is 18.2 Å². The second-order valence-electron chi connectivity index (χ2n) is 4.57. The third-order valence-corrected chi connectivity index (χ3v) is 3.33. The Morgan fingerprint density at radius 1 is 1.53 bits per heavy atom. The Bertz CT molecular complexity index is 441. The third kappa shape index (κ3) is 2.00. The smallest absolute Gasteiger partial charge is 0.316 e. The molecule has 0 saturated heterocycles. The zero-order chi connectivity index (χ0) is 12.5. The zero-order valence-corrected chi connectivity index (χ0v) is 9.77. The highest BCUT2D eigenvalue weighted by molar-refractivity contribution is 5.81. The van der Waals surface area contributed by atoms with Crippen LogP contribution < -0.4 is 4.74 Å². The fourth-order valence-corrected chi connectivity index (χ4v) is 1.99. The third-order valence-electron chi connectivity index (χ3n) is 3.33. The first-order chi connectivity index (χ1) is 8.08. The first-order valence-electron chi connectivity index (χ1n) is 5.68. The normalized spacial score (nSPS) is 17.8. The molecule has 1 aliphatic heterocycles. The molecular weight excluding hydrogens is 220 g/mol. The molecule has 0 radical (unpaired) electrons. The van der Waals surface area contributed by atoms with Gasteiger partial charge in [-0.3, -0.25) is 4.79 Å². The number of benzene rings is 1. The summed E-state index contributed by atoms with van der Waals surface area (Å²) in [5, 5.41) is 18.5. The van der Waals surface area contributed by atoms with Crippen LogP contribution in [0.25, 0.3) is 0 Å². The Morgan fingerprint density at radius 3 is 2.94 bits per heavy atom. The number of aliphatic carboxylic acids is 1. The van der Waals surface area contributed by atoms with Crippen molar-refractivity contribution >= 4 is 5.97 Å². The summed E-state index contributed by atoms with van der Waals surface area (Å²) >= 11 is 0. The van der Waals surface area contributed by atoms with E-state index in [0.29, 0.717) is 12.2 Å². The van der Waals surface area contributed by atoms with Gasteiger partial charge >= 0.3 is 5.97 Å². The molecule has 0 fully saturated rings. The number of carboxylic acid groups (broad SMARTS) is 1. The minimum atomic E-state index is -1.24. The van der Waals surface area contributed by atoms with E-state index in [9.17, 15) is 15.0 Å². The van der Waals surface area contributed by atoms with E-state index in [4.69, 9.17) is 4.74 Å². The summed E-state index contributed by atoms with van der Waals surface area (Å²) in [6.07, 6.45) is 1.84. The van der Waals surface area contributed by atoms with Gasteiger partial charge in [-0.1, -0.05) is 12.1 Å². The van der Waals surface area contributed by atoms with E-state index in [2.05, 4.69) is 0 Å². The van der Waals surface area contributed by atoms with Crippen molar-refractivity contribution in [2.24, 2.45) is 0 Å². The fraction of sp³-hybridized carbons (Fsp3) is 0.462. The number of hydrogen-bond donors (Lipinski definition) is 2. The highest BCUT2D eigenvalue weighted by atomic mass is 16.5. The molecule has 4 heteroatoms. The second kappa shape index (κ2) is 4.37. The van der Waals surface area contributed by atoms with E-state index in [0.717, 1.165) is 24.2 Å². The van der Waals surface area contributed by atoms with Crippen LogP contribution >= 0.6 is 0 Å². The van der Waals surface area contributed by atoms with Crippen molar-refractivity contribution in [3.05, 3.63) is 29.3 Å². The van der Waals surface area contributed by atoms with E-state index in [1.54, 1.807) is 12.1 Å². The fourth-order valence-electron chi connectivity index (χ4n) is 1.99. The number of aliphatic hydroxyl groups excluding tert-OH is 1. The molecule has 0 aromatic heterocycles. The number of carbonyl (C=O) groups is 1. The summed E-state index contributed by atoms with van der Waals surface area (Å²) in [5.41, 5.74) is 0.401. The maximum absolute atomic E-state index is 11.2. The summed E-state index contributed by atoms with van der Waals surface area (Å²) in [5.74, 6) is -0.192. The van der Waals surface area contributed by atoms with Gasteiger partial charge in [0.05, 0.1) is 13.2 Å². The lowest BCUT2D eigenvalue weighted by Crippen LogP contribution is -2.36. The van der Waals surface area contributed by atoms with Gasteiger partial charge in [-0.2, -0.15) is 0 Å². The van der Waals surface area contributed by atoms with Gasteiger partial charge in [-0.25, -0.2) is 0 Å². The van der Waals surface area contributed by atoms with Crippen molar-refractivity contribution in [2.75, 3.05) is 13.2 Å². The molecule has 0 saturated carbocycles. The average molecular weight is 236 g/mol. The van der Waals surface area contributed by atoms with Crippen molar-refractivity contribution < 1.29 is 19.7 Å². The molecule has 92 valence electrons. The van der Waals surface area contributed by atoms with Gasteiger partial charge in [0, 0.05) is 0 Å². The number of aliphatic hydroxyl groups is 1. The molecule has 1 atom stereocenters. The first-order valence-corrected chi connectivity index (χ1v) is 5.68. The monoisotopic (exact) mass is 236 g/mol.